The van der Waals surface area contributed by atoms with Crippen LogP contribution in [0, 0.1) is 0 Å². The van der Waals surface area contributed by atoms with E-state index in [4.69, 9.17) is 9.47 Å². The lowest BCUT2D eigenvalue weighted by molar-refractivity contribution is 0.210. The minimum absolute atomic E-state index is 0.454. The molecule has 0 aliphatic carbocycles. The average Bonchev–Trinajstić information content (AvgIpc) is 2.69. The molecule has 2 N–H and O–H groups in total. The minimum Gasteiger partial charge on any atom is -0.489 e. The normalized spacial score (nSPS) is 10.3. The number of benzene rings is 2. The first kappa shape index (κ1) is 17.6. The topological polar surface area (TPSA) is 81.2 Å². The van der Waals surface area contributed by atoms with Gasteiger partial charge in [-0.3, -0.25) is 0 Å². The van der Waals surface area contributed by atoms with E-state index in [2.05, 4.69) is 25.8 Å². The Morgan fingerprint density at radius 1 is 1.00 bits per heavy atom. The lowest BCUT2D eigenvalue weighted by Crippen LogP contribution is -2.11. The Balaban J connectivity index is 1.54. The maximum atomic E-state index is 5.78. The third-order valence-electron chi connectivity index (χ3n) is 3.52. The Morgan fingerprint density at radius 2 is 1.81 bits per heavy atom. The fraction of sp³-hybridized carbons (Fsp3) is 0.211. The third kappa shape index (κ3) is 5.42. The van der Waals surface area contributed by atoms with Gasteiger partial charge in [-0.05, 0) is 29.8 Å². The van der Waals surface area contributed by atoms with E-state index in [-0.39, 0.29) is 0 Å². The van der Waals surface area contributed by atoms with Crippen LogP contribution in [0.4, 0.5) is 17.5 Å². The molecule has 0 aliphatic heterocycles. The predicted octanol–water partition coefficient (Wildman–Crippen LogP) is 3.25. The number of anilines is 3. The van der Waals surface area contributed by atoms with Gasteiger partial charge in [0.2, 0.25) is 5.95 Å². The highest BCUT2D eigenvalue weighted by molar-refractivity contribution is 5.57. The van der Waals surface area contributed by atoms with Crippen molar-refractivity contribution in [3.63, 3.8) is 0 Å². The molecule has 0 aliphatic rings. The smallest absolute Gasteiger partial charge is 0.244 e. The van der Waals surface area contributed by atoms with Gasteiger partial charge in [-0.15, -0.1) is 5.10 Å². The summed E-state index contributed by atoms with van der Waals surface area (Å²) in [6.07, 6.45) is 1.57. The zero-order valence-electron chi connectivity index (χ0n) is 14.6. The minimum atomic E-state index is 0.454. The molecule has 0 bridgehead atoms. The molecule has 7 heteroatoms. The molecule has 0 fully saturated rings. The number of methoxy groups -OCH3 is 1. The maximum Gasteiger partial charge on any atom is 0.244 e. The van der Waals surface area contributed by atoms with Gasteiger partial charge < -0.3 is 20.1 Å². The van der Waals surface area contributed by atoms with E-state index >= 15 is 0 Å². The van der Waals surface area contributed by atoms with Crippen LogP contribution in [0.1, 0.15) is 5.56 Å². The Morgan fingerprint density at radius 3 is 2.58 bits per heavy atom. The van der Waals surface area contributed by atoms with Crippen LogP contribution in [-0.2, 0) is 11.3 Å². The molecule has 0 unspecified atom stereocenters. The van der Waals surface area contributed by atoms with Gasteiger partial charge in [-0.2, -0.15) is 10.1 Å². The molecule has 0 saturated carbocycles. The monoisotopic (exact) mass is 351 g/mol. The van der Waals surface area contributed by atoms with E-state index < -0.39 is 0 Å². The van der Waals surface area contributed by atoms with Crippen molar-refractivity contribution in [2.24, 2.45) is 0 Å². The van der Waals surface area contributed by atoms with Gasteiger partial charge in [0.15, 0.2) is 5.82 Å². The first-order valence-electron chi connectivity index (χ1n) is 8.30. The van der Waals surface area contributed by atoms with Crippen molar-refractivity contribution in [3.8, 4) is 5.75 Å². The zero-order valence-corrected chi connectivity index (χ0v) is 14.6. The molecule has 1 aromatic heterocycles. The number of hydrogen-bond acceptors (Lipinski definition) is 7. The van der Waals surface area contributed by atoms with E-state index in [0.29, 0.717) is 31.5 Å². The lowest BCUT2D eigenvalue weighted by Gasteiger charge is -2.09. The van der Waals surface area contributed by atoms with E-state index in [1.54, 1.807) is 13.3 Å². The first-order valence-corrected chi connectivity index (χ1v) is 8.30. The van der Waals surface area contributed by atoms with Crippen LogP contribution in [0.2, 0.25) is 0 Å². The van der Waals surface area contributed by atoms with E-state index in [0.717, 1.165) is 17.0 Å². The van der Waals surface area contributed by atoms with Crippen LogP contribution in [0.25, 0.3) is 0 Å². The summed E-state index contributed by atoms with van der Waals surface area (Å²) >= 11 is 0. The molecule has 26 heavy (non-hydrogen) atoms. The molecular weight excluding hydrogens is 330 g/mol. The van der Waals surface area contributed by atoms with Gasteiger partial charge in [0.05, 0.1) is 12.8 Å². The van der Waals surface area contributed by atoms with Crippen LogP contribution < -0.4 is 15.4 Å². The van der Waals surface area contributed by atoms with Crippen LogP contribution >= 0.6 is 0 Å². The summed E-state index contributed by atoms with van der Waals surface area (Å²) in [6, 6.07) is 17.8. The van der Waals surface area contributed by atoms with Crippen molar-refractivity contribution in [3.05, 3.63) is 66.4 Å². The summed E-state index contributed by atoms with van der Waals surface area (Å²) in [5, 5.41) is 14.1. The van der Waals surface area contributed by atoms with E-state index in [1.807, 2.05) is 54.6 Å². The van der Waals surface area contributed by atoms with Crippen molar-refractivity contribution in [1.29, 1.82) is 0 Å². The number of rotatable bonds is 9. The fourth-order valence-corrected chi connectivity index (χ4v) is 2.23. The van der Waals surface area contributed by atoms with Crippen LogP contribution in [0.5, 0.6) is 5.75 Å². The Hall–Kier alpha value is -3.19. The van der Waals surface area contributed by atoms with Crippen molar-refractivity contribution in [2.75, 3.05) is 30.9 Å². The van der Waals surface area contributed by atoms with Gasteiger partial charge in [0.1, 0.15) is 12.4 Å². The largest absolute Gasteiger partial charge is 0.489 e. The van der Waals surface area contributed by atoms with Gasteiger partial charge >= 0.3 is 0 Å². The SMILES string of the molecule is COCCNc1nncc(Nc2ccc(OCc3ccccc3)cc2)n1. The average molecular weight is 351 g/mol. The molecule has 7 nitrogen and oxygen atoms in total. The zero-order chi connectivity index (χ0) is 18.0. The first-order chi connectivity index (χ1) is 12.8. The number of ether oxygens (including phenoxy) is 2. The van der Waals surface area contributed by atoms with Crippen LogP contribution in [0.3, 0.4) is 0 Å². The van der Waals surface area contributed by atoms with Crippen LogP contribution in [0.15, 0.2) is 60.8 Å². The summed E-state index contributed by atoms with van der Waals surface area (Å²) in [5.41, 5.74) is 2.02. The summed E-state index contributed by atoms with van der Waals surface area (Å²) in [6.45, 7) is 1.74. The number of aromatic nitrogens is 3. The van der Waals surface area contributed by atoms with Crippen molar-refractivity contribution < 1.29 is 9.47 Å². The highest BCUT2D eigenvalue weighted by atomic mass is 16.5. The highest BCUT2D eigenvalue weighted by Gasteiger charge is 2.02. The van der Waals surface area contributed by atoms with Gasteiger partial charge in [-0.25, -0.2) is 0 Å². The fourth-order valence-electron chi connectivity index (χ4n) is 2.23. The molecule has 134 valence electrons. The Kier molecular flexibility index (Phi) is 6.33. The quantitative estimate of drug-likeness (QED) is 0.573. The summed E-state index contributed by atoms with van der Waals surface area (Å²) in [5.74, 6) is 1.87. The third-order valence-corrected chi connectivity index (χ3v) is 3.52. The maximum absolute atomic E-state index is 5.78. The molecule has 0 spiro atoms. The lowest BCUT2D eigenvalue weighted by atomic mass is 10.2. The number of hydrogen-bond donors (Lipinski definition) is 2. The van der Waals surface area contributed by atoms with Crippen molar-refractivity contribution in [1.82, 2.24) is 15.2 Å². The number of nitrogens with one attached hydrogen (secondary N) is 2. The molecule has 1 heterocycles. The van der Waals surface area contributed by atoms with Gasteiger partial charge in [-0.1, -0.05) is 30.3 Å². The number of nitrogens with zero attached hydrogens (tertiary/aromatic N) is 3. The molecule has 0 radical (unpaired) electrons. The molecule has 0 amide bonds. The molecule has 3 rings (SSSR count). The van der Waals surface area contributed by atoms with Crippen molar-refractivity contribution >= 4 is 17.5 Å². The molecule has 2 aromatic carbocycles. The summed E-state index contributed by atoms with van der Waals surface area (Å²) in [7, 11) is 1.64. The van der Waals surface area contributed by atoms with Crippen LogP contribution in [-0.4, -0.2) is 35.4 Å². The standard InChI is InChI=1S/C19H21N5O2/c1-25-12-11-20-19-23-18(13-21-24-19)22-16-7-9-17(10-8-16)26-14-15-5-3-2-4-6-15/h2-10,13H,11-12,14H2,1H3,(H2,20,22,23,24). The Bertz CT molecular complexity index is 797. The predicted molar refractivity (Wildman–Crippen MR) is 101 cm³/mol. The molecule has 3 aromatic rings. The van der Waals surface area contributed by atoms with Gasteiger partial charge in [0, 0.05) is 19.3 Å². The second-order valence-electron chi connectivity index (χ2n) is 5.51. The van der Waals surface area contributed by atoms with E-state index in [9.17, 15) is 0 Å². The molecule has 0 atom stereocenters. The Labute approximate surface area is 152 Å². The summed E-state index contributed by atoms with van der Waals surface area (Å²) < 4.78 is 10.8. The molecular formula is C19H21N5O2. The van der Waals surface area contributed by atoms with Gasteiger partial charge in [0.25, 0.3) is 0 Å². The highest BCUT2D eigenvalue weighted by Crippen LogP contribution is 2.19. The van der Waals surface area contributed by atoms with E-state index in [1.165, 1.54) is 0 Å². The molecule has 0 saturated heterocycles. The second kappa shape index (κ2) is 9.33. The second-order valence-corrected chi connectivity index (χ2v) is 5.51. The summed E-state index contributed by atoms with van der Waals surface area (Å²) in [4.78, 5) is 4.36. The van der Waals surface area contributed by atoms with Crippen molar-refractivity contribution in [2.45, 2.75) is 6.61 Å².